The van der Waals surface area contributed by atoms with Crippen molar-refractivity contribution in [2.45, 2.75) is 36.1 Å². The summed E-state index contributed by atoms with van der Waals surface area (Å²) in [5.74, 6) is 2.92. The summed E-state index contributed by atoms with van der Waals surface area (Å²) in [6.45, 7) is 3.23. The summed E-state index contributed by atoms with van der Waals surface area (Å²) < 4.78 is 20.9. The van der Waals surface area contributed by atoms with E-state index in [1.807, 2.05) is 36.4 Å². The Morgan fingerprint density at radius 2 is 1.82 bits per heavy atom. The highest BCUT2D eigenvalue weighted by atomic mass is 32.2. The number of nitrogens with one attached hydrogen (secondary N) is 2. The van der Waals surface area contributed by atoms with Gasteiger partial charge in [0, 0.05) is 44.4 Å². The minimum absolute atomic E-state index is 0.483. The molecule has 0 aromatic heterocycles. The number of carbonyl (C=O) groups is 1. The average Bonchev–Trinajstić information content (AvgIpc) is 2.91. The Labute approximate surface area is 235 Å². The molecular weight excluding hydrogens is 510 g/mol. The van der Waals surface area contributed by atoms with Crippen LogP contribution < -0.4 is 29.1 Å². The van der Waals surface area contributed by atoms with Gasteiger partial charge in [0.25, 0.3) is 0 Å². The molecule has 0 radical (unpaired) electrons. The van der Waals surface area contributed by atoms with E-state index in [1.165, 1.54) is 11.9 Å². The number of para-hydroxylation sites is 1. The first-order valence-electron chi connectivity index (χ1n) is 13.4. The molecule has 8 heteroatoms. The van der Waals surface area contributed by atoms with E-state index in [2.05, 4.69) is 46.3 Å². The molecule has 0 bridgehead atoms. The second-order valence-corrected chi connectivity index (χ2v) is 11.2. The third-order valence-corrected chi connectivity index (χ3v) is 8.63. The van der Waals surface area contributed by atoms with E-state index in [1.54, 1.807) is 14.2 Å². The summed E-state index contributed by atoms with van der Waals surface area (Å²) >= 11 is 1.49. The van der Waals surface area contributed by atoms with Gasteiger partial charge < -0.3 is 33.9 Å². The second-order valence-electron chi connectivity index (χ2n) is 10.4. The van der Waals surface area contributed by atoms with Gasteiger partial charge in [-0.2, -0.15) is 0 Å². The van der Waals surface area contributed by atoms with E-state index in [0.717, 1.165) is 83.3 Å². The number of ether oxygens (including phenoxy) is 3. The summed E-state index contributed by atoms with van der Waals surface area (Å²) in [6.07, 6.45) is 3.87. The Bertz CT molecular complexity index is 1280. The first kappa shape index (κ1) is 27.2. The number of anilines is 2. The average molecular weight is 548 g/mol. The van der Waals surface area contributed by atoms with Gasteiger partial charge in [0.1, 0.15) is 23.5 Å². The number of hydrogen-bond donors (Lipinski definition) is 2. The number of rotatable bonds is 13. The molecule has 0 spiro atoms. The van der Waals surface area contributed by atoms with Crippen LogP contribution in [-0.2, 0) is 16.8 Å². The van der Waals surface area contributed by atoms with Gasteiger partial charge in [0.05, 0.1) is 36.8 Å². The van der Waals surface area contributed by atoms with Crippen molar-refractivity contribution in [3.05, 3.63) is 71.8 Å². The Hall–Kier alpha value is -3.36. The van der Waals surface area contributed by atoms with Gasteiger partial charge >= 0.3 is 0 Å². The quantitative estimate of drug-likeness (QED) is 0.209. The Kier molecular flexibility index (Phi) is 8.53. The highest BCUT2D eigenvalue weighted by Gasteiger charge is 2.42. The van der Waals surface area contributed by atoms with E-state index in [4.69, 9.17) is 14.2 Å². The molecule has 2 aliphatic rings. The maximum atomic E-state index is 12.6. The van der Waals surface area contributed by atoms with Gasteiger partial charge in [0.15, 0.2) is 0 Å². The highest BCUT2D eigenvalue weighted by Crippen LogP contribution is 2.50. The normalized spacial score (nSPS) is 16.0. The van der Waals surface area contributed by atoms with Crippen LogP contribution in [0.1, 0.15) is 30.4 Å². The number of carbonyl (C=O) groups excluding carboxylic acids is 1. The van der Waals surface area contributed by atoms with Gasteiger partial charge in [-0.3, -0.25) is 0 Å². The molecule has 2 N–H and O–H groups in total. The molecule has 39 heavy (non-hydrogen) atoms. The fourth-order valence-electron chi connectivity index (χ4n) is 5.13. The lowest BCUT2D eigenvalue weighted by molar-refractivity contribution is -0.115. The molecule has 1 heterocycles. The summed E-state index contributed by atoms with van der Waals surface area (Å²) in [5, 5.41) is 3.33. The Morgan fingerprint density at radius 3 is 2.44 bits per heavy atom. The molecule has 3 aromatic carbocycles. The predicted molar refractivity (Wildman–Crippen MR) is 157 cm³/mol. The van der Waals surface area contributed by atoms with Crippen molar-refractivity contribution in [3.63, 3.8) is 0 Å². The lowest BCUT2D eigenvalue weighted by atomic mass is 9.65. The minimum atomic E-state index is -0.508. The molecule has 0 unspecified atom stereocenters. The number of nitrogens with zero attached hydrogens (tertiary/aromatic N) is 1. The molecule has 1 aliphatic carbocycles. The highest BCUT2D eigenvalue weighted by molar-refractivity contribution is 8.00. The van der Waals surface area contributed by atoms with Crippen molar-refractivity contribution in [3.8, 4) is 17.2 Å². The van der Waals surface area contributed by atoms with Crippen LogP contribution in [0, 0.1) is 5.92 Å². The first-order valence-corrected chi connectivity index (χ1v) is 14.2. The van der Waals surface area contributed by atoms with Crippen molar-refractivity contribution in [1.29, 1.82) is 0 Å². The molecule has 206 valence electrons. The number of benzene rings is 3. The fourth-order valence-corrected chi connectivity index (χ4v) is 5.88. The molecule has 1 aliphatic heterocycles. The third-order valence-electron chi connectivity index (χ3n) is 7.73. The van der Waals surface area contributed by atoms with Gasteiger partial charge in [-0.25, -0.2) is 0 Å². The van der Waals surface area contributed by atoms with E-state index in [0.29, 0.717) is 19.1 Å². The Morgan fingerprint density at radius 1 is 1.05 bits per heavy atom. The van der Waals surface area contributed by atoms with Crippen molar-refractivity contribution >= 4 is 29.6 Å². The van der Waals surface area contributed by atoms with Crippen molar-refractivity contribution in [2.75, 3.05) is 50.6 Å². The summed E-state index contributed by atoms with van der Waals surface area (Å²) in [4.78, 5) is 15.8. The predicted octanol–water partition coefficient (Wildman–Crippen LogP) is 5.68. The third kappa shape index (κ3) is 5.97. The van der Waals surface area contributed by atoms with Gasteiger partial charge in [-0.15, -0.1) is 0 Å². The molecule has 5 rings (SSSR count). The van der Waals surface area contributed by atoms with Crippen LogP contribution in [0.3, 0.4) is 0 Å². The van der Waals surface area contributed by atoms with Crippen LogP contribution in [0.15, 0.2) is 65.6 Å². The lowest BCUT2D eigenvalue weighted by Crippen LogP contribution is -2.45. The van der Waals surface area contributed by atoms with E-state index in [-0.39, 0.29) is 0 Å². The monoisotopic (exact) mass is 547 g/mol. The van der Waals surface area contributed by atoms with Crippen LogP contribution in [-0.4, -0.2) is 47.2 Å². The molecule has 3 aromatic rings. The number of hydrogen-bond acceptors (Lipinski definition) is 8. The SMILES string of the molecule is COc1ccc(CN(C)c2c(OCC3CNC3)cc(NSc3ccccc3OC)cc2C2(C=O)CCC2)cc1. The minimum Gasteiger partial charge on any atom is -0.497 e. The van der Waals surface area contributed by atoms with Crippen molar-refractivity contribution < 1.29 is 19.0 Å². The topological polar surface area (TPSA) is 72.1 Å². The molecule has 7 nitrogen and oxygen atoms in total. The van der Waals surface area contributed by atoms with E-state index in [9.17, 15) is 4.79 Å². The largest absolute Gasteiger partial charge is 0.497 e. The van der Waals surface area contributed by atoms with Gasteiger partial charge in [-0.1, -0.05) is 30.7 Å². The second kappa shape index (κ2) is 12.2. The molecular formula is C31H37N3O4S. The van der Waals surface area contributed by atoms with E-state index >= 15 is 0 Å². The van der Waals surface area contributed by atoms with Gasteiger partial charge in [-0.05, 0) is 66.2 Å². The molecule has 0 atom stereocenters. The van der Waals surface area contributed by atoms with Crippen LogP contribution in [0.2, 0.25) is 0 Å². The summed E-state index contributed by atoms with van der Waals surface area (Å²) in [6, 6.07) is 20.2. The Balaban J connectivity index is 1.51. The maximum Gasteiger partial charge on any atom is 0.145 e. The van der Waals surface area contributed by atoms with Crippen molar-refractivity contribution in [1.82, 2.24) is 5.32 Å². The summed E-state index contributed by atoms with van der Waals surface area (Å²) in [5.41, 5.74) is 3.55. The van der Waals surface area contributed by atoms with Crippen molar-refractivity contribution in [2.24, 2.45) is 5.92 Å². The molecule has 1 saturated carbocycles. The fraction of sp³-hybridized carbons (Fsp3) is 0.387. The molecule has 2 fully saturated rings. The maximum absolute atomic E-state index is 12.6. The zero-order valence-electron chi connectivity index (χ0n) is 22.9. The van der Waals surface area contributed by atoms with E-state index < -0.39 is 5.41 Å². The van der Waals surface area contributed by atoms with Crippen LogP contribution in [0.4, 0.5) is 11.4 Å². The van der Waals surface area contributed by atoms with Crippen LogP contribution in [0.25, 0.3) is 0 Å². The smallest absolute Gasteiger partial charge is 0.145 e. The van der Waals surface area contributed by atoms with Crippen LogP contribution in [0.5, 0.6) is 17.2 Å². The van der Waals surface area contributed by atoms with Gasteiger partial charge in [0.2, 0.25) is 0 Å². The standard InChI is InChI=1S/C31H37N3O4S/c1-34(19-22-9-11-25(36-2)12-10-22)30-26(31(21-35)13-6-14-31)15-24(16-28(30)38-20-23-17-32-18-23)33-39-29-8-5-4-7-27(29)37-3/h4-5,7-12,15-16,21,23,32-33H,6,13-14,17-20H2,1-3H3. The first-order chi connectivity index (χ1) is 19.0. The number of aldehydes is 1. The lowest BCUT2D eigenvalue weighted by Gasteiger charge is -2.41. The summed E-state index contributed by atoms with van der Waals surface area (Å²) in [7, 11) is 5.43. The molecule has 1 saturated heterocycles. The zero-order chi connectivity index (χ0) is 27.2. The van der Waals surface area contributed by atoms with Crippen LogP contribution >= 0.6 is 11.9 Å². The molecule has 0 amide bonds. The number of methoxy groups -OCH3 is 2. The zero-order valence-corrected chi connectivity index (χ0v) is 23.7.